The van der Waals surface area contributed by atoms with Crippen LogP contribution in [0.1, 0.15) is 29.8 Å². The third-order valence-corrected chi connectivity index (χ3v) is 3.67. The molecule has 0 saturated carbocycles. The van der Waals surface area contributed by atoms with E-state index in [0.717, 1.165) is 11.3 Å². The minimum Gasteiger partial charge on any atom is -0.490 e. The molecular formula is C19H24N2O4. The average molecular weight is 344 g/mol. The first kappa shape index (κ1) is 18.6. The number of rotatable bonds is 8. The highest BCUT2D eigenvalue weighted by Gasteiger charge is 2.08. The number of benzene rings is 1. The van der Waals surface area contributed by atoms with Crippen LogP contribution in [0.4, 0.5) is 0 Å². The molecule has 1 amide bonds. The van der Waals surface area contributed by atoms with Gasteiger partial charge in [-0.1, -0.05) is 6.07 Å². The number of hydrogen-bond donors (Lipinski definition) is 1. The predicted octanol–water partition coefficient (Wildman–Crippen LogP) is 2.16. The lowest BCUT2D eigenvalue weighted by atomic mass is 10.1. The average Bonchev–Trinajstić information content (AvgIpc) is 2.60. The van der Waals surface area contributed by atoms with E-state index in [1.165, 1.54) is 10.6 Å². The maximum Gasteiger partial charge on any atom is 0.251 e. The van der Waals surface area contributed by atoms with Crippen molar-refractivity contribution < 1.29 is 14.3 Å². The first-order valence-electron chi connectivity index (χ1n) is 8.38. The van der Waals surface area contributed by atoms with Crippen molar-refractivity contribution in [3.05, 3.63) is 58.0 Å². The summed E-state index contributed by atoms with van der Waals surface area (Å²) in [5.41, 5.74) is 1.20. The molecule has 134 valence electrons. The summed E-state index contributed by atoms with van der Waals surface area (Å²) < 4.78 is 12.6. The van der Waals surface area contributed by atoms with Crippen molar-refractivity contribution in [1.82, 2.24) is 9.88 Å². The third kappa shape index (κ3) is 5.11. The molecule has 0 aliphatic heterocycles. The van der Waals surface area contributed by atoms with E-state index in [1.54, 1.807) is 19.3 Å². The summed E-state index contributed by atoms with van der Waals surface area (Å²) in [6.07, 6.45) is 2.24. The van der Waals surface area contributed by atoms with Crippen LogP contribution in [0.2, 0.25) is 0 Å². The Hall–Kier alpha value is -2.76. The van der Waals surface area contributed by atoms with Gasteiger partial charge in [0.25, 0.3) is 11.5 Å². The van der Waals surface area contributed by atoms with Gasteiger partial charge in [-0.2, -0.15) is 0 Å². The van der Waals surface area contributed by atoms with Crippen molar-refractivity contribution in [2.45, 2.75) is 20.3 Å². The van der Waals surface area contributed by atoms with Gasteiger partial charge < -0.3 is 19.4 Å². The Bertz CT molecular complexity index is 783. The van der Waals surface area contributed by atoms with Crippen LogP contribution in [0.3, 0.4) is 0 Å². The number of aryl methyl sites for hydroxylation is 1. The summed E-state index contributed by atoms with van der Waals surface area (Å²) in [5.74, 6) is 1.17. The lowest BCUT2D eigenvalue weighted by Crippen LogP contribution is -2.27. The molecule has 0 unspecified atom stereocenters. The van der Waals surface area contributed by atoms with Crippen molar-refractivity contribution in [3.8, 4) is 11.5 Å². The van der Waals surface area contributed by atoms with Crippen LogP contribution in [0.25, 0.3) is 0 Å². The molecule has 1 aromatic carbocycles. The van der Waals surface area contributed by atoms with E-state index >= 15 is 0 Å². The van der Waals surface area contributed by atoms with E-state index in [1.807, 2.05) is 32.0 Å². The highest BCUT2D eigenvalue weighted by atomic mass is 16.5. The molecule has 0 saturated heterocycles. The number of aromatic nitrogens is 1. The third-order valence-electron chi connectivity index (χ3n) is 3.67. The molecule has 1 N–H and O–H groups in total. The Kier molecular flexibility index (Phi) is 6.62. The van der Waals surface area contributed by atoms with E-state index in [-0.39, 0.29) is 11.5 Å². The highest BCUT2D eigenvalue weighted by Crippen LogP contribution is 2.28. The van der Waals surface area contributed by atoms with Crippen LogP contribution in [-0.2, 0) is 13.5 Å². The Balaban J connectivity index is 1.96. The molecule has 6 nitrogen and oxygen atoms in total. The number of carbonyl (C=O) groups excluding carboxylic acids is 1. The number of pyridine rings is 1. The second kappa shape index (κ2) is 8.92. The van der Waals surface area contributed by atoms with Gasteiger partial charge in [-0.15, -0.1) is 0 Å². The standard InChI is InChI=1S/C19H24N2O4/c1-4-24-16-7-6-14(12-17(16)25-5-2)8-10-20-19(23)15-9-11-21(3)18(22)13-15/h6-7,9,11-13H,4-5,8,10H2,1-3H3,(H,20,23). The lowest BCUT2D eigenvalue weighted by Gasteiger charge is -2.12. The van der Waals surface area contributed by atoms with E-state index in [4.69, 9.17) is 9.47 Å². The van der Waals surface area contributed by atoms with Gasteiger partial charge >= 0.3 is 0 Å². The molecule has 2 aromatic rings. The van der Waals surface area contributed by atoms with Crippen molar-refractivity contribution in [2.24, 2.45) is 7.05 Å². The fourth-order valence-electron chi connectivity index (χ4n) is 2.36. The Morgan fingerprint density at radius 3 is 2.48 bits per heavy atom. The zero-order chi connectivity index (χ0) is 18.2. The SMILES string of the molecule is CCOc1ccc(CCNC(=O)c2ccn(C)c(=O)c2)cc1OCC. The Morgan fingerprint density at radius 1 is 1.08 bits per heavy atom. The number of hydrogen-bond acceptors (Lipinski definition) is 4. The van der Waals surface area contributed by atoms with Crippen molar-refractivity contribution in [1.29, 1.82) is 0 Å². The fraction of sp³-hybridized carbons (Fsp3) is 0.368. The monoisotopic (exact) mass is 344 g/mol. The molecule has 0 atom stereocenters. The number of nitrogens with one attached hydrogen (secondary N) is 1. The highest BCUT2D eigenvalue weighted by molar-refractivity contribution is 5.93. The molecule has 2 rings (SSSR count). The molecule has 1 aromatic heterocycles. The zero-order valence-electron chi connectivity index (χ0n) is 14.9. The Morgan fingerprint density at radius 2 is 1.80 bits per heavy atom. The lowest BCUT2D eigenvalue weighted by molar-refractivity contribution is 0.0954. The van der Waals surface area contributed by atoms with Gasteiger partial charge in [0.15, 0.2) is 11.5 Å². The predicted molar refractivity (Wildman–Crippen MR) is 96.5 cm³/mol. The van der Waals surface area contributed by atoms with Crippen LogP contribution in [-0.4, -0.2) is 30.2 Å². The molecule has 0 bridgehead atoms. The number of carbonyl (C=O) groups is 1. The normalized spacial score (nSPS) is 10.4. The first-order valence-corrected chi connectivity index (χ1v) is 8.38. The second-order valence-corrected chi connectivity index (χ2v) is 5.52. The van der Waals surface area contributed by atoms with Crippen LogP contribution < -0.4 is 20.3 Å². The number of amides is 1. The van der Waals surface area contributed by atoms with Gasteiger partial charge in [0.05, 0.1) is 13.2 Å². The number of nitrogens with zero attached hydrogens (tertiary/aromatic N) is 1. The topological polar surface area (TPSA) is 69.6 Å². The van der Waals surface area contributed by atoms with Crippen LogP contribution in [0.5, 0.6) is 11.5 Å². The van der Waals surface area contributed by atoms with E-state index < -0.39 is 0 Å². The molecule has 6 heteroatoms. The smallest absolute Gasteiger partial charge is 0.251 e. The van der Waals surface area contributed by atoms with Crippen molar-refractivity contribution >= 4 is 5.91 Å². The summed E-state index contributed by atoms with van der Waals surface area (Å²) in [4.78, 5) is 23.7. The molecule has 0 fully saturated rings. The minimum absolute atomic E-state index is 0.208. The molecule has 25 heavy (non-hydrogen) atoms. The Labute approximate surface area is 147 Å². The van der Waals surface area contributed by atoms with Gasteiger partial charge in [0, 0.05) is 31.4 Å². The summed E-state index contributed by atoms with van der Waals surface area (Å²) >= 11 is 0. The molecule has 1 heterocycles. The molecule has 0 spiro atoms. The fourth-order valence-corrected chi connectivity index (χ4v) is 2.36. The maximum absolute atomic E-state index is 12.1. The van der Waals surface area contributed by atoms with Gasteiger partial charge in [-0.25, -0.2) is 0 Å². The summed E-state index contributed by atoms with van der Waals surface area (Å²) in [6, 6.07) is 8.73. The quantitative estimate of drug-likeness (QED) is 0.797. The van der Waals surface area contributed by atoms with Crippen LogP contribution >= 0.6 is 0 Å². The summed E-state index contributed by atoms with van der Waals surface area (Å²) in [5, 5.41) is 2.83. The van der Waals surface area contributed by atoms with Crippen molar-refractivity contribution in [3.63, 3.8) is 0 Å². The van der Waals surface area contributed by atoms with E-state index in [9.17, 15) is 9.59 Å². The second-order valence-electron chi connectivity index (χ2n) is 5.52. The van der Waals surface area contributed by atoms with Crippen LogP contribution in [0.15, 0.2) is 41.3 Å². The summed E-state index contributed by atoms with van der Waals surface area (Å²) in [7, 11) is 1.64. The van der Waals surface area contributed by atoms with Gasteiger partial charge in [0.2, 0.25) is 0 Å². The van der Waals surface area contributed by atoms with Crippen LogP contribution in [0, 0.1) is 0 Å². The summed E-state index contributed by atoms with van der Waals surface area (Å²) in [6.45, 7) is 5.45. The molecule has 0 aliphatic rings. The first-order chi connectivity index (χ1) is 12.0. The molecule has 0 radical (unpaired) electrons. The van der Waals surface area contributed by atoms with E-state index in [0.29, 0.717) is 37.5 Å². The molecular weight excluding hydrogens is 320 g/mol. The van der Waals surface area contributed by atoms with Gasteiger partial charge in [-0.3, -0.25) is 9.59 Å². The van der Waals surface area contributed by atoms with E-state index in [2.05, 4.69) is 5.32 Å². The number of ether oxygens (including phenoxy) is 2. The minimum atomic E-state index is -0.256. The maximum atomic E-state index is 12.1. The van der Waals surface area contributed by atoms with Gasteiger partial charge in [-0.05, 0) is 44.0 Å². The largest absolute Gasteiger partial charge is 0.490 e. The molecule has 0 aliphatic carbocycles. The van der Waals surface area contributed by atoms with Crippen molar-refractivity contribution in [2.75, 3.05) is 19.8 Å². The van der Waals surface area contributed by atoms with Gasteiger partial charge in [0.1, 0.15) is 0 Å². The zero-order valence-corrected chi connectivity index (χ0v) is 14.9.